The lowest BCUT2D eigenvalue weighted by Crippen LogP contribution is -2.43. The summed E-state index contributed by atoms with van der Waals surface area (Å²) in [6.07, 6.45) is 4.78. The predicted molar refractivity (Wildman–Crippen MR) is 129 cm³/mol. The van der Waals surface area contributed by atoms with Crippen molar-refractivity contribution >= 4 is 65.1 Å². The van der Waals surface area contributed by atoms with Crippen molar-refractivity contribution in [3.63, 3.8) is 0 Å². The maximum absolute atomic E-state index is 12.8. The van der Waals surface area contributed by atoms with Gasteiger partial charge in [-0.25, -0.2) is 8.42 Å². The Bertz CT molecular complexity index is 781. The van der Waals surface area contributed by atoms with E-state index < -0.39 is 10.0 Å². The number of aryl methyl sites for hydroxylation is 1. The van der Waals surface area contributed by atoms with Gasteiger partial charge in [-0.15, -0.1) is 17.7 Å². The molecule has 0 bridgehead atoms. The second-order valence-corrected chi connectivity index (χ2v) is 9.56. The molecule has 140 valence electrons. The monoisotopic (exact) mass is 404 g/mol. The van der Waals surface area contributed by atoms with Crippen LogP contribution >= 0.6 is 11.3 Å². The van der Waals surface area contributed by atoms with Crippen molar-refractivity contribution in [3.8, 4) is 0 Å². The van der Waals surface area contributed by atoms with Crippen LogP contribution in [0.2, 0.25) is 0 Å². The summed E-state index contributed by atoms with van der Waals surface area (Å²) in [6, 6.07) is 14.0. The summed E-state index contributed by atoms with van der Waals surface area (Å²) in [5.41, 5.74) is 1.28. The minimum atomic E-state index is -3.32. The van der Waals surface area contributed by atoms with Crippen LogP contribution in [0.4, 0.5) is 0 Å². The zero-order valence-electron chi connectivity index (χ0n) is 15.4. The number of nitrogens with zero attached hydrogens (tertiary/aromatic N) is 1. The molecule has 0 aliphatic carbocycles. The van der Waals surface area contributed by atoms with Gasteiger partial charge in [-0.2, -0.15) is 4.31 Å². The Morgan fingerprint density at radius 1 is 1.11 bits per heavy atom. The molecule has 11 heteroatoms. The molecule has 0 spiro atoms. The van der Waals surface area contributed by atoms with Gasteiger partial charge < -0.3 is 0 Å². The number of piperidine rings is 1. The van der Waals surface area contributed by atoms with Crippen molar-refractivity contribution in [3.05, 3.63) is 53.4 Å². The first-order valence-electron chi connectivity index (χ1n) is 9.10. The Labute approximate surface area is 179 Å². The molecule has 1 fully saturated rings. The molecule has 2 aromatic rings. The van der Waals surface area contributed by atoms with E-state index in [0.29, 0.717) is 10.8 Å². The lowest BCUT2D eigenvalue weighted by Gasteiger charge is -2.34. The fourth-order valence-electron chi connectivity index (χ4n) is 3.08. The molecule has 3 rings (SSSR count). The molecule has 1 atom stereocenters. The maximum atomic E-state index is 12.8. The zero-order chi connectivity index (χ0) is 20.6. The molecular weight excluding hydrogens is 379 g/mol. The highest BCUT2D eigenvalue weighted by molar-refractivity contribution is 7.91. The number of thiophene rings is 1. The van der Waals surface area contributed by atoms with Gasteiger partial charge in [0.15, 0.2) is 0 Å². The van der Waals surface area contributed by atoms with Crippen LogP contribution in [0.25, 0.3) is 0 Å². The largest absolute Gasteiger partial charge is 0.252 e. The summed E-state index contributed by atoms with van der Waals surface area (Å²) in [6.45, 7) is 0.652. The third-order valence-electron chi connectivity index (χ3n) is 4.46. The average molecular weight is 403 g/mol. The molecule has 1 aliphatic rings. The lowest BCUT2D eigenvalue weighted by molar-refractivity contribution is 0.241. The van der Waals surface area contributed by atoms with E-state index in [1.165, 1.54) is 16.9 Å². The van der Waals surface area contributed by atoms with Crippen molar-refractivity contribution in [2.75, 3.05) is 6.54 Å². The van der Waals surface area contributed by atoms with Gasteiger partial charge in [-0.3, -0.25) is 0 Å². The zero-order valence-corrected chi connectivity index (χ0v) is 17.0. The van der Waals surface area contributed by atoms with Crippen LogP contribution in [0.1, 0.15) is 31.2 Å². The van der Waals surface area contributed by atoms with Crippen molar-refractivity contribution in [2.45, 2.75) is 42.4 Å². The quantitative estimate of drug-likeness (QED) is 0.671. The fourth-order valence-corrected chi connectivity index (χ4v) is 5.93. The van der Waals surface area contributed by atoms with Gasteiger partial charge in [0, 0.05) is 12.6 Å². The van der Waals surface area contributed by atoms with Crippen LogP contribution in [0.5, 0.6) is 0 Å². The van der Waals surface area contributed by atoms with E-state index in [1.54, 1.807) is 16.4 Å². The first-order valence-corrected chi connectivity index (χ1v) is 11.4. The molecule has 1 aromatic heterocycles. The first kappa shape index (κ1) is 23.5. The minimum absolute atomic E-state index is 0.126. The summed E-state index contributed by atoms with van der Waals surface area (Å²) in [5.74, 6) is 0. The molecule has 28 heavy (non-hydrogen) atoms. The van der Waals surface area contributed by atoms with Crippen molar-refractivity contribution in [1.29, 1.82) is 0 Å². The molecule has 0 saturated carbocycles. The lowest BCUT2D eigenvalue weighted by atomic mass is 8.81. The average Bonchev–Trinajstić information content (AvgIpc) is 3.23. The molecular formula is C17H24B6NO2S2-. The van der Waals surface area contributed by atoms with Crippen LogP contribution in [-0.4, -0.2) is 69.0 Å². The third kappa shape index (κ3) is 6.93. The van der Waals surface area contributed by atoms with Crippen LogP contribution < -0.4 is 0 Å². The summed E-state index contributed by atoms with van der Waals surface area (Å²) in [5, 5.41) is 1.83. The van der Waals surface area contributed by atoms with Gasteiger partial charge in [0.2, 0.25) is 0 Å². The molecule has 6 radical (unpaired) electrons. The third-order valence-corrected chi connectivity index (χ3v) is 7.79. The second-order valence-electron chi connectivity index (χ2n) is 6.49. The Morgan fingerprint density at radius 2 is 1.79 bits per heavy atom. The highest BCUT2D eigenvalue weighted by atomic mass is 32.2. The molecule has 1 unspecified atom stereocenters. The van der Waals surface area contributed by atoms with E-state index in [-0.39, 0.29) is 26.5 Å². The summed E-state index contributed by atoms with van der Waals surface area (Å²) in [7, 11) is 12.4. The fraction of sp³-hybridized carbons (Fsp3) is 0.412. The number of sulfonamides is 1. The predicted octanol–water partition coefficient (Wildman–Crippen LogP) is 0.836. The molecule has 1 aliphatic heterocycles. The Balaban J connectivity index is 0.000000409. The van der Waals surface area contributed by atoms with Gasteiger partial charge in [0.1, 0.15) is 4.21 Å². The van der Waals surface area contributed by atoms with E-state index in [2.05, 4.69) is 12.1 Å². The van der Waals surface area contributed by atoms with Crippen LogP contribution in [0.3, 0.4) is 0 Å². The van der Waals surface area contributed by atoms with E-state index in [9.17, 15) is 8.42 Å². The highest BCUT2D eigenvalue weighted by Gasteiger charge is 2.33. The molecule has 0 N–H and O–H groups in total. The smallest absolute Gasteiger partial charge is 0.206 e. The van der Waals surface area contributed by atoms with Crippen LogP contribution in [0.15, 0.2) is 52.1 Å². The number of hydrogen-bond donors (Lipinski definition) is 0. The van der Waals surface area contributed by atoms with E-state index >= 15 is 0 Å². The van der Waals surface area contributed by atoms with Gasteiger partial charge >= 0.3 is 0 Å². The number of benzene rings is 1. The Kier molecular flexibility index (Phi) is 9.58. The van der Waals surface area contributed by atoms with Gasteiger partial charge in [0.25, 0.3) is 10.0 Å². The van der Waals surface area contributed by atoms with Gasteiger partial charge in [-0.05, 0) is 72.3 Å². The standard InChI is InChI=1S/C17H21NO2S2.B6H3/c19-22(20,17-10-6-14-21-17)18-13-5-4-9-16(18)12-11-15-7-2-1-3-8-15;1-5(2)6(3)4/h1-3,6-8,10,14,16H,4-5,9,11-13H2;1H3/q;-1. The highest BCUT2D eigenvalue weighted by Crippen LogP contribution is 2.29. The van der Waals surface area contributed by atoms with E-state index in [1.807, 2.05) is 23.6 Å². The molecule has 1 aromatic carbocycles. The van der Waals surface area contributed by atoms with E-state index in [4.69, 9.17) is 23.2 Å². The van der Waals surface area contributed by atoms with Crippen LogP contribution in [0, 0.1) is 0 Å². The van der Waals surface area contributed by atoms with Crippen molar-refractivity contribution < 1.29 is 8.42 Å². The van der Waals surface area contributed by atoms with Crippen LogP contribution in [-0.2, 0) is 16.4 Å². The second kappa shape index (κ2) is 11.4. The SMILES string of the molecule is O=S(=O)(c1cccs1)N1CCCCC1CCc1ccccc1.[B]B([B])B([B])[BH3-]. The summed E-state index contributed by atoms with van der Waals surface area (Å²) < 4.78 is 27.8. The van der Waals surface area contributed by atoms with Gasteiger partial charge in [-0.1, -0.05) is 50.6 Å². The number of hydrogen-bond acceptors (Lipinski definition) is 3. The minimum Gasteiger partial charge on any atom is -0.206 e. The summed E-state index contributed by atoms with van der Waals surface area (Å²) >= 11 is 1.31. The topological polar surface area (TPSA) is 37.4 Å². The molecule has 2 heterocycles. The van der Waals surface area contributed by atoms with Crippen molar-refractivity contribution in [1.82, 2.24) is 4.31 Å². The maximum Gasteiger partial charge on any atom is 0.252 e. The molecule has 3 nitrogen and oxygen atoms in total. The van der Waals surface area contributed by atoms with Crippen molar-refractivity contribution in [2.24, 2.45) is 0 Å². The molecule has 1 saturated heterocycles. The molecule has 0 amide bonds. The summed E-state index contributed by atoms with van der Waals surface area (Å²) in [4.78, 5) is 0. The van der Waals surface area contributed by atoms with E-state index in [0.717, 1.165) is 32.1 Å². The van der Waals surface area contributed by atoms with Gasteiger partial charge in [0.05, 0.1) is 0 Å². The first-order chi connectivity index (χ1) is 13.3. The normalized spacial score (nSPS) is 17.4. The Morgan fingerprint density at radius 3 is 2.36 bits per heavy atom. The Hall–Kier alpha value is -0.780. The number of rotatable bonds is 6.